The van der Waals surface area contributed by atoms with E-state index in [1.165, 1.54) is 6.07 Å². The van der Waals surface area contributed by atoms with Crippen LogP contribution in [-0.4, -0.2) is 30.2 Å². The van der Waals surface area contributed by atoms with E-state index >= 15 is 0 Å². The number of hydrogen-bond acceptors (Lipinski definition) is 1. The number of rotatable bonds is 7. The summed E-state index contributed by atoms with van der Waals surface area (Å²) in [5.74, 6) is -0.923. The molecule has 23 heavy (non-hydrogen) atoms. The lowest BCUT2D eigenvalue weighted by Gasteiger charge is -2.12. The highest BCUT2D eigenvalue weighted by molar-refractivity contribution is 5.79. The van der Waals surface area contributed by atoms with Gasteiger partial charge >= 0.3 is 0 Å². The molecule has 0 amide bonds. The number of nitrogens with one attached hydrogen (secondary N) is 2. The maximum Gasteiger partial charge on any atom is 0.191 e. The molecule has 0 aliphatic rings. The Kier molecular flexibility index (Phi) is 6.59. The van der Waals surface area contributed by atoms with Gasteiger partial charge in [0.1, 0.15) is 0 Å². The van der Waals surface area contributed by atoms with E-state index in [-0.39, 0.29) is 0 Å². The smallest absolute Gasteiger partial charge is 0.191 e. The van der Waals surface area contributed by atoms with Gasteiger partial charge in [0.05, 0.1) is 0 Å². The molecule has 2 N–H and O–H groups in total. The third kappa shape index (κ3) is 5.39. The van der Waals surface area contributed by atoms with Crippen molar-refractivity contribution >= 4 is 5.96 Å². The van der Waals surface area contributed by atoms with Crippen LogP contribution >= 0.6 is 0 Å². The van der Waals surface area contributed by atoms with Gasteiger partial charge in [-0.1, -0.05) is 12.1 Å². The molecule has 4 nitrogen and oxygen atoms in total. The van der Waals surface area contributed by atoms with E-state index in [2.05, 4.69) is 20.2 Å². The summed E-state index contributed by atoms with van der Waals surface area (Å²) < 4.78 is 28.8. The van der Waals surface area contributed by atoms with E-state index in [0.29, 0.717) is 24.5 Å². The predicted molar refractivity (Wildman–Crippen MR) is 88.5 cm³/mol. The van der Waals surface area contributed by atoms with Crippen molar-refractivity contribution in [3.05, 3.63) is 59.9 Å². The lowest BCUT2D eigenvalue weighted by Crippen LogP contribution is -2.39. The molecule has 0 unspecified atom stereocenters. The van der Waals surface area contributed by atoms with Crippen molar-refractivity contribution < 1.29 is 8.78 Å². The standard InChI is InChI=1S/C17H22F2N4/c1-2-20-17(22-10-13-23-11-3-4-12-23)21-9-8-14-6-5-7-15(18)16(14)19/h3-7,11-12H,2,8-10,13H2,1H3,(H2,20,21,22). The number of aromatic nitrogens is 1. The van der Waals surface area contributed by atoms with Crippen molar-refractivity contribution in [3.63, 3.8) is 0 Å². The summed E-state index contributed by atoms with van der Waals surface area (Å²) in [5.41, 5.74) is 0.344. The van der Waals surface area contributed by atoms with Crippen LogP contribution in [0.2, 0.25) is 0 Å². The highest BCUT2D eigenvalue weighted by Crippen LogP contribution is 2.11. The van der Waals surface area contributed by atoms with Gasteiger partial charge in [-0.15, -0.1) is 0 Å². The van der Waals surface area contributed by atoms with Crippen LogP contribution in [0.15, 0.2) is 47.7 Å². The Hall–Kier alpha value is -2.37. The molecule has 0 radical (unpaired) electrons. The monoisotopic (exact) mass is 320 g/mol. The van der Waals surface area contributed by atoms with E-state index in [9.17, 15) is 8.78 Å². The first-order chi connectivity index (χ1) is 11.2. The lowest BCUT2D eigenvalue weighted by atomic mass is 10.1. The van der Waals surface area contributed by atoms with Crippen LogP contribution in [0.25, 0.3) is 0 Å². The summed E-state index contributed by atoms with van der Waals surface area (Å²) in [6.07, 6.45) is 4.36. The average molecular weight is 320 g/mol. The molecular formula is C17H22F2N4. The van der Waals surface area contributed by atoms with E-state index in [1.807, 2.05) is 31.5 Å². The third-order valence-corrected chi connectivity index (χ3v) is 3.36. The fourth-order valence-electron chi connectivity index (χ4n) is 2.19. The first-order valence-corrected chi connectivity index (χ1v) is 7.76. The molecule has 0 aliphatic heterocycles. The number of aliphatic imine (C=N–C) groups is 1. The summed E-state index contributed by atoms with van der Waals surface area (Å²) in [6, 6.07) is 8.17. The van der Waals surface area contributed by atoms with Crippen LogP contribution < -0.4 is 10.6 Å². The number of nitrogens with zero attached hydrogens (tertiary/aromatic N) is 2. The normalized spacial score (nSPS) is 11.5. The first-order valence-electron chi connectivity index (χ1n) is 7.76. The fourth-order valence-corrected chi connectivity index (χ4v) is 2.19. The first kappa shape index (κ1) is 17.0. The van der Waals surface area contributed by atoms with Crippen molar-refractivity contribution in [2.75, 3.05) is 19.6 Å². The summed E-state index contributed by atoms with van der Waals surface area (Å²) in [7, 11) is 0. The van der Waals surface area contributed by atoms with Gasteiger partial charge in [-0.25, -0.2) is 8.78 Å². The largest absolute Gasteiger partial charge is 0.357 e. The van der Waals surface area contributed by atoms with Crippen LogP contribution in [0.4, 0.5) is 8.78 Å². The molecule has 0 atom stereocenters. The second kappa shape index (κ2) is 8.92. The summed E-state index contributed by atoms with van der Waals surface area (Å²) in [6.45, 7) is 4.67. The second-order valence-electron chi connectivity index (χ2n) is 5.07. The number of hydrogen-bond donors (Lipinski definition) is 2. The van der Waals surface area contributed by atoms with Gasteiger partial charge in [0, 0.05) is 38.6 Å². The zero-order chi connectivity index (χ0) is 16.5. The van der Waals surface area contributed by atoms with Gasteiger partial charge in [-0.2, -0.15) is 0 Å². The Morgan fingerprint density at radius 1 is 1.13 bits per heavy atom. The zero-order valence-electron chi connectivity index (χ0n) is 13.2. The maximum atomic E-state index is 13.6. The highest BCUT2D eigenvalue weighted by Gasteiger charge is 2.06. The van der Waals surface area contributed by atoms with Gasteiger partial charge in [0.25, 0.3) is 0 Å². The molecular weight excluding hydrogens is 298 g/mol. The van der Waals surface area contributed by atoms with Crippen molar-refractivity contribution in [1.29, 1.82) is 0 Å². The molecule has 0 bridgehead atoms. The van der Waals surface area contributed by atoms with Gasteiger partial charge in [0.2, 0.25) is 0 Å². The Bertz CT molecular complexity index is 624. The number of benzene rings is 1. The van der Waals surface area contributed by atoms with Crippen LogP contribution in [0.1, 0.15) is 12.5 Å². The second-order valence-corrected chi connectivity index (χ2v) is 5.07. The summed E-state index contributed by atoms with van der Waals surface area (Å²) in [4.78, 5) is 4.39. The minimum atomic E-state index is -0.816. The molecule has 0 fully saturated rings. The maximum absolute atomic E-state index is 13.6. The van der Waals surface area contributed by atoms with Crippen LogP contribution in [-0.2, 0) is 13.0 Å². The number of halogens is 2. The third-order valence-electron chi connectivity index (χ3n) is 3.36. The molecule has 2 aromatic rings. The Morgan fingerprint density at radius 2 is 1.91 bits per heavy atom. The Balaban J connectivity index is 1.84. The molecule has 1 aromatic heterocycles. The van der Waals surface area contributed by atoms with Crippen molar-refractivity contribution in [2.45, 2.75) is 19.9 Å². The van der Waals surface area contributed by atoms with Crippen LogP contribution in [0.5, 0.6) is 0 Å². The van der Waals surface area contributed by atoms with Crippen LogP contribution in [0.3, 0.4) is 0 Å². The van der Waals surface area contributed by atoms with Crippen LogP contribution in [0, 0.1) is 11.6 Å². The van der Waals surface area contributed by atoms with Crippen molar-refractivity contribution in [3.8, 4) is 0 Å². The summed E-state index contributed by atoms with van der Waals surface area (Å²) >= 11 is 0. The van der Waals surface area contributed by atoms with E-state index in [0.717, 1.165) is 25.7 Å². The molecule has 2 rings (SSSR count). The SMILES string of the molecule is CCNC(=NCCc1cccc(F)c1F)NCCn1cccc1. The van der Waals surface area contributed by atoms with Gasteiger partial charge in [-0.05, 0) is 37.1 Å². The molecule has 0 aliphatic carbocycles. The minimum Gasteiger partial charge on any atom is -0.357 e. The fraction of sp³-hybridized carbons (Fsp3) is 0.353. The van der Waals surface area contributed by atoms with Crippen molar-refractivity contribution in [2.24, 2.45) is 4.99 Å². The topological polar surface area (TPSA) is 41.4 Å². The zero-order valence-corrected chi connectivity index (χ0v) is 13.2. The molecule has 6 heteroatoms. The van der Waals surface area contributed by atoms with E-state index in [1.54, 1.807) is 6.07 Å². The van der Waals surface area contributed by atoms with Gasteiger partial charge in [-0.3, -0.25) is 4.99 Å². The Labute approximate surface area is 135 Å². The van der Waals surface area contributed by atoms with E-state index in [4.69, 9.17) is 0 Å². The van der Waals surface area contributed by atoms with Crippen molar-refractivity contribution in [1.82, 2.24) is 15.2 Å². The average Bonchev–Trinajstić information content (AvgIpc) is 3.05. The Morgan fingerprint density at radius 3 is 2.65 bits per heavy atom. The van der Waals surface area contributed by atoms with Gasteiger partial charge < -0.3 is 15.2 Å². The quantitative estimate of drug-likeness (QED) is 0.608. The number of guanidine groups is 1. The molecule has 1 heterocycles. The molecule has 0 saturated carbocycles. The molecule has 0 saturated heterocycles. The predicted octanol–water partition coefficient (Wildman–Crippen LogP) is 2.56. The summed E-state index contributed by atoms with van der Waals surface area (Å²) in [5, 5.41) is 6.36. The van der Waals surface area contributed by atoms with E-state index < -0.39 is 11.6 Å². The lowest BCUT2D eigenvalue weighted by molar-refractivity contribution is 0.499. The molecule has 124 valence electrons. The molecule has 0 spiro atoms. The van der Waals surface area contributed by atoms with Gasteiger partial charge in [0.15, 0.2) is 17.6 Å². The minimum absolute atomic E-state index is 0.344. The highest BCUT2D eigenvalue weighted by atomic mass is 19.2. The molecule has 1 aromatic carbocycles.